The average molecular weight is 368 g/mol. The Morgan fingerprint density at radius 2 is 1.67 bits per heavy atom. The lowest BCUT2D eigenvalue weighted by atomic mass is 9.76. The summed E-state index contributed by atoms with van der Waals surface area (Å²) in [5.41, 5.74) is 1.11. The van der Waals surface area contributed by atoms with Gasteiger partial charge in [-0.1, -0.05) is 36.8 Å². The van der Waals surface area contributed by atoms with E-state index in [2.05, 4.69) is 0 Å². The minimum absolute atomic E-state index is 0.302. The van der Waals surface area contributed by atoms with Crippen LogP contribution in [0.15, 0.2) is 42.5 Å². The van der Waals surface area contributed by atoms with Crippen molar-refractivity contribution < 1.29 is 19.1 Å². The lowest BCUT2D eigenvalue weighted by Crippen LogP contribution is -2.28. The molecule has 0 amide bonds. The Kier molecular flexibility index (Phi) is 5.61. The van der Waals surface area contributed by atoms with E-state index in [1.54, 1.807) is 0 Å². The number of ether oxygens (including phenoxy) is 2. The van der Waals surface area contributed by atoms with Crippen molar-refractivity contribution in [3.8, 4) is 0 Å². The summed E-state index contributed by atoms with van der Waals surface area (Å²) in [6.07, 6.45) is 9.72. The molecule has 0 aromatic heterocycles. The van der Waals surface area contributed by atoms with E-state index < -0.39 is 11.9 Å². The molecular formula is C23H28O4. The van der Waals surface area contributed by atoms with Gasteiger partial charge in [0.1, 0.15) is 0 Å². The Morgan fingerprint density at radius 3 is 2.48 bits per heavy atom. The summed E-state index contributed by atoms with van der Waals surface area (Å²) in [6.45, 7) is 0.798. The fraction of sp³-hybridized carbons (Fsp3) is 0.565. The van der Waals surface area contributed by atoms with E-state index in [1.165, 1.54) is 44.3 Å². The van der Waals surface area contributed by atoms with Crippen LogP contribution in [0.3, 0.4) is 0 Å². The van der Waals surface area contributed by atoms with Gasteiger partial charge in [-0.2, -0.15) is 0 Å². The number of rotatable bonds is 7. The molecule has 1 aromatic carbocycles. The van der Waals surface area contributed by atoms with Crippen LogP contribution in [0.2, 0.25) is 0 Å². The van der Waals surface area contributed by atoms with Gasteiger partial charge in [0.2, 0.25) is 0 Å². The van der Waals surface area contributed by atoms with Gasteiger partial charge in [-0.15, -0.1) is 0 Å². The molecule has 3 aliphatic carbocycles. The first-order valence-electron chi connectivity index (χ1n) is 10.3. The Balaban J connectivity index is 1.15. The predicted octanol–water partition coefficient (Wildman–Crippen LogP) is 3.94. The number of carbonyl (C=O) groups is 2. The van der Waals surface area contributed by atoms with E-state index in [-0.39, 0.29) is 0 Å². The molecule has 4 rings (SSSR count). The largest absolute Gasteiger partial charge is 0.462 e. The van der Waals surface area contributed by atoms with Crippen LogP contribution in [0, 0.1) is 29.6 Å². The van der Waals surface area contributed by atoms with Crippen molar-refractivity contribution in [2.24, 2.45) is 29.6 Å². The average Bonchev–Trinajstić information content (AvgIpc) is 3.38. The van der Waals surface area contributed by atoms with Gasteiger partial charge in [0, 0.05) is 18.6 Å². The number of benzene rings is 1. The van der Waals surface area contributed by atoms with Crippen LogP contribution >= 0.6 is 0 Å². The Bertz CT molecular complexity index is 696. The zero-order valence-corrected chi connectivity index (χ0v) is 15.7. The summed E-state index contributed by atoms with van der Waals surface area (Å²) >= 11 is 0. The lowest BCUT2D eigenvalue weighted by molar-refractivity contribution is -0.141. The number of hydrogen-bond donors (Lipinski definition) is 0. The number of fused-ring (bicyclic) bond motifs is 5. The van der Waals surface area contributed by atoms with Gasteiger partial charge in [0.15, 0.2) is 0 Å². The second-order valence-corrected chi connectivity index (χ2v) is 8.28. The molecule has 144 valence electrons. The maximum atomic E-state index is 11.9. The van der Waals surface area contributed by atoms with Crippen molar-refractivity contribution in [3.63, 3.8) is 0 Å². The molecule has 0 radical (unpaired) electrons. The first kappa shape index (κ1) is 18.3. The van der Waals surface area contributed by atoms with Crippen LogP contribution in [-0.2, 0) is 25.5 Å². The SMILES string of the molecule is O=C(/C=C/C(=O)OCC1CC2CC1C1CCCC21)OCCc1ccccc1. The fourth-order valence-corrected chi connectivity index (χ4v) is 5.74. The van der Waals surface area contributed by atoms with E-state index in [0.29, 0.717) is 25.6 Å². The second-order valence-electron chi connectivity index (χ2n) is 8.28. The molecule has 1 aromatic rings. The summed E-state index contributed by atoms with van der Waals surface area (Å²) in [4.78, 5) is 23.6. The topological polar surface area (TPSA) is 52.6 Å². The van der Waals surface area contributed by atoms with E-state index in [1.807, 2.05) is 30.3 Å². The highest BCUT2D eigenvalue weighted by Crippen LogP contribution is 2.60. The minimum atomic E-state index is -0.503. The monoisotopic (exact) mass is 368 g/mol. The molecule has 5 atom stereocenters. The molecule has 3 saturated carbocycles. The van der Waals surface area contributed by atoms with Crippen LogP contribution in [-0.4, -0.2) is 25.2 Å². The van der Waals surface area contributed by atoms with Gasteiger partial charge in [-0.05, 0) is 60.8 Å². The molecule has 3 aliphatic rings. The van der Waals surface area contributed by atoms with Crippen molar-refractivity contribution >= 4 is 11.9 Å². The van der Waals surface area contributed by atoms with Crippen LogP contribution in [0.25, 0.3) is 0 Å². The van der Waals surface area contributed by atoms with Crippen molar-refractivity contribution in [2.45, 2.75) is 38.5 Å². The van der Waals surface area contributed by atoms with Gasteiger partial charge in [-0.25, -0.2) is 9.59 Å². The van der Waals surface area contributed by atoms with E-state index in [4.69, 9.17) is 9.47 Å². The molecule has 4 nitrogen and oxygen atoms in total. The third kappa shape index (κ3) is 4.26. The predicted molar refractivity (Wildman–Crippen MR) is 102 cm³/mol. The minimum Gasteiger partial charge on any atom is -0.462 e. The highest BCUT2D eigenvalue weighted by molar-refractivity contribution is 5.91. The Labute approximate surface area is 160 Å². The second kappa shape index (κ2) is 8.28. The molecule has 5 unspecified atom stereocenters. The van der Waals surface area contributed by atoms with E-state index in [0.717, 1.165) is 29.2 Å². The highest BCUT2D eigenvalue weighted by Gasteiger charge is 2.53. The van der Waals surface area contributed by atoms with Crippen LogP contribution < -0.4 is 0 Å². The summed E-state index contributed by atoms with van der Waals surface area (Å²) in [6, 6.07) is 9.84. The van der Waals surface area contributed by atoms with Crippen molar-refractivity contribution in [3.05, 3.63) is 48.0 Å². The van der Waals surface area contributed by atoms with Crippen molar-refractivity contribution in [1.82, 2.24) is 0 Å². The van der Waals surface area contributed by atoms with E-state index in [9.17, 15) is 9.59 Å². The van der Waals surface area contributed by atoms with Gasteiger partial charge in [0.05, 0.1) is 13.2 Å². The van der Waals surface area contributed by atoms with Crippen molar-refractivity contribution in [1.29, 1.82) is 0 Å². The summed E-state index contributed by atoms with van der Waals surface area (Å²) in [7, 11) is 0. The van der Waals surface area contributed by atoms with Crippen LogP contribution in [0.1, 0.15) is 37.7 Å². The molecule has 2 bridgehead atoms. The molecule has 27 heavy (non-hydrogen) atoms. The molecule has 4 heteroatoms. The molecule has 0 saturated heterocycles. The van der Waals surface area contributed by atoms with Crippen molar-refractivity contribution in [2.75, 3.05) is 13.2 Å². The molecule has 3 fully saturated rings. The van der Waals surface area contributed by atoms with Gasteiger partial charge in [0.25, 0.3) is 0 Å². The molecule has 0 N–H and O–H groups in total. The molecule has 0 spiro atoms. The smallest absolute Gasteiger partial charge is 0.331 e. The molecular weight excluding hydrogens is 340 g/mol. The Hall–Kier alpha value is -2.10. The number of hydrogen-bond acceptors (Lipinski definition) is 4. The zero-order chi connectivity index (χ0) is 18.6. The zero-order valence-electron chi connectivity index (χ0n) is 15.7. The summed E-state index contributed by atoms with van der Waals surface area (Å²) in [5.74, 6) is 3.01. The summed E-state index contributed by atoms with van der Waals surface area (Å²) < 4.78 is 10.5. The van der Waals surface area contributed by atoms with Crippen LogP contribution in [0.5, 0.6) is 0 Å². The maximum absolute atomic E-state index is 11.9. The quantitative estimate of drug-likeness (QED) is 0.540. The first-order chi connectivity index (χ1) is 13.2. The van der Waals surface area contributed by atoms with Gasteiger partial charge < -0.3 is 9.47 Å². The number of esters is 2. The Morgan fingerprint density at radius 1 is 0.926 bits per heavy atom. The number of carbonyl (C=O) groups excluding carboxylic acids is 2. The third-order valence-electron chi connectivity index (χ3n) is 6.84. The molecule has 0 heterocycles. The van der Waals surface area contributed by atoms with Gasteiger partial charge in [-0.3, -0.25) is 0 Å². The van der Waals surface area contributed by atoms with Gasteiger partial charge >= 0.3 is 11.9 Å². The summed E-state index contributed by atoms with van der Waals surface area (Å²) in [5, 5.41) is 0. The lowest BCUT2D eigenvalue weighted by Gasteiger charge is -2.31. The standard InChI is InChI=1S/C23H28O4/c24-22(26-12-11-16-5-2-1-3-6-16)9-10-23(25)27-15-18-13-17-14-21(18)20-8-4-7-19(17)20/h1-3,5-6,9-10,17-21H,4,7-8,11-15H2/b10-9+. The maximum Gasteiger partial charge on any atom is 0.331 e. The first-order valence-corrected chi connectivity index (χ1v) is 10.3. The normalized spacial score (nSPS) is 31.2. The molecule has 0 aliphatic heterocycles. The van der Waals surface area contributed by atoms with Crippen LogP contribution in [0.4, 0.5) is 0 Å². The highest BCUT2D eigenvalue weighted by atomic mass is 16.5. The van der Waals surface area contributed by atoms with E-state index >= 15 is 0 Å². The fourth-order valence-electron chi connectivity index (χ4n) is 5.74. The third-order valence-corrected chi connectivity index (χ3v) is 6.84.